The van der Waals surface area contributed by atoms with E-state index in [9.17, 15) is 4.79 Å². The summed E-state index contributed by atoms with van der Waals surface area (Å²) < 4.78 is 6.93. The maximum atomic E-state index is 12.0. The van der Waals surface area contributed by atoms with Crippen molar-refractivity contribution < 1.29 is 9.53 Å². The number of carbonyl (C=O) groups is 1. The van der Waals surface area contributed by atoms with E-state index in [4.69, 9.17) is 9.84 Å². The minimum atomic E-state index is 0.0639. The van der Waals surface area contributed by atoms with Gasteiger partial charge in [-0.2, -0.15) is 5.10 Å². The lowest BCUT2D eigenvalue weighted by molar-refractivity contribution is -0.136. The largest absolute Gasteiger partial charge is 0.375 e. The molecule has 3 aromatic rings. The number of hydrogen-bond donors (Lipinski definition) is 0. The van der Waals surface area contributed by atoms with Crippen LogP contribution in [0.3, 0.4) is 0 Å². The molecule has 0 aliphatic carbocycles. The van der Waals surface area contributed by atoms with E-state index in [1.165, 1.54) is 5.56 Å². The molecule has 0 atom stereocenters. The first kappa shape index (κ1) is 19.4. The van der Waals surface area contributed by atoms with Crippen LogP contribution in [0.25, 0.3) is 16.9 Å². The molecule has 0 saturated carbocycles. The average molecular weight is 390 g/mol. The zero-order valence-electron chi connectivity index (χ0n) is 16.7. The van der Waals surface area contributed by atoms with E-state index in [1.807, 2.05) is 46.0 Å². The molecule has 0 unspecified atom stereocenters. The second-order valence-corrected chi connectivity index (χ2v) is 7.24. The molecule has 29 heavy (non-hydrogen) atoms. The summed E-state index contributed by atoms with van der Waals surface area (Å²) in [4.78, 5) is 16.3. The van der Waals surface area contributed by atoms with Crippen LogP contribution >= 0.6 is 0 Å². The highest BCUT2D eigenvalue weighted by Crippen LogP contribution is 2.25. The van der Waals surface area contributed by atoms with Crippen LogP contribution in [0.5, 0.6) is 0 Å². The highest BCUT2D eigenvalue weighted by atomic mass is 16.5. The number of ether oxygens (including phenoxy) is 1. The standard InChI is InChI=1S/C23H26N4O2/c1-29-18-22(28)26-14-12-25(13-15-26)16-20-17-27(21-10-6-3-7-11-21)24-23(20)19-8-4-2-5-9-19/h2-11,17H,12-16,18H2,1H3. The van der Waals surface area contributed by atoms with Crippen molar-refractivity contribution in [3.63, 3.8) is 0 Å². The molecule has 2 heterocycles. The van der Waals surface area contributed by atoms with E-state index in [0.29, 0.717) is 0 Å². The Morgan fingerprint density at radius 3 is 2.28 bits per heavy atom. The predicted octanol–water partition coefficient (Wildman–Crippen LogP) is 2.83. The number of nitrogens with zero attached hydrogens (tertiary/aromatic N) is 4. The van der Waals surface area contributed by atoms with Crippen LogP contribution in [-0.2, 0) is 16.1 Å². The highest BCUT2D eigenvalue weighted by molar-refractivity contribution is 5.77. The van der Waals surface area contributed by atoms with Gasteiger partial charge in [0.15, 0.2) is 0 Å². The molecule has 2 aromatic carbocycles. The maximum Gasteiger partial charge on any atom is 0.248 e. The molecule has 0 N–H and O–H groups in total. The van der Waals surface area contributed by atoms with Crippen molar-refractivity contribution in [2.24, 2.45) is 0 Å². The second kappa shape index (κ2) is 9.03. The minimum absolute atomic E-state index is 0.0639. The van der Waals surface area contributed by atoms with Crippen molar-refractivity contribution in [1.82, 2.24) is 19.6 Å². The third-order valence-electron chi connectivity index (χ3n) is 5.24. The monoisotopic (exact) mass is 390 g/mol. The van der Waals surface area contributed by atoms with Gasteiger partial charge in [-0.3, -0.25) is 9.69 Å². The summed E-state index contributed by atoms with van der Waals surface area (Å²) in [5.74, 6) is 0.0639. The smallest absolute Gasteiger partial charge is 0.248 e. The highest BCUT2D eigenvalue weighted by Gasteiger charge is 2.22. The summed E-state index contributed by atoms with van der Waals surface area (Å²) in [6.45, 7) is 4.12. The Balaban J connectivity index is 1.54. The molecule has 4 rings (SSSR count). The number of para-hydroxylation sites is 1. The molecule has 6 heteroatoms. The van der Waals surface area contributed by atoms with Gasteiger partial charge in [-0.15, -0.1) is 0 Å². The fourth-order valence-electron chi connectivity index (χ4n) is 3.69. The Morgan fingerprint density at radius 1 is 0.966 bits per heavy atom. The number of benzene rings is 2. The third kappa shape index (κ3) is 4.55. The van der Waals surface area contributed by atoms with Crippen LogP contribution in [0.2, 0.25) is 0 Å². The first-order valence-corrected chi connectivity index (χ1v) is 9.93. The van der Waals surface area contributed by atoms with Gasteiger partial charge >= 0.3 is 0 Å². The fraction of sp³-hybridized carbons (Fsp3) is 0.304. The van der Waals surface area contributed by atoms with Gasteiger partial charge in [0.25, 0.3) is 0 Å². The Morgan fingerprint density at radius 2 is 1.62 bits per heavy atom. The topological polar surface area (TPSA) is 50.6 Å². The molecular weight excluding hydrogens is 364 g/mol. The van der Waals surface area contributed by atoms with E-state index in [2.05, 4.69) is 35.4 Å². The van der Waals surface area contributed by atoms with Gasteiger partial charge < -0.3 is 9.64 Å². The van der Waals surface area contributed by atoms with E-state index < -0.39 is 0 Å². The lowest BCUT2D eigenvalue weighted by atomic mass is 10.1. The molecule has 0 radical (unpaired) electrons. The summed E-state index contributed by atoms with van der Waals surface area (Å²) in [5.41, 5.74) is 4.36. The maximum absolute atomic E-state index is 12.0. The van der Waals surface area contributed by atoms with Crippen LogP contribution in [0.4, 0.5) is 0 Å². The first-order chi connectivity index (χ1) is 14.2. The van der Waals surface area contributed by atoms with Crippen LogP contribution < -0.4 is 0 Å². The molecule has 1 aliphatic heterocycles. The number of carbonyl (C=O) groups excluding carboxylic acids is 1. The SMILES string of the molecule is COCC(=O)N1CCN(Cc2cn(-c3ccccc3)nc2-c2ccccc2)CC1. The number of rotatable bonds is 6. The summed E-state index contributed by atoms with van der Waals surface area (Å²) in [6.07, 6.45) is 2.13. The molecule has 6 nitrogen and oxygen atoms in total. The van der Waals surface area contributed by atoms with Gasteiger partial charge in [-0.05, 0) is 12.1 Å². The van der Waals surface area contributed by atoms with Gasteiger partial charge in [0.1, 0.15) is 6.61 Å². The number of hydrogen-bond acceptors (Lipinski definition) is 4. The van der Waals surface area contributed by atoms with Gasteiger partial charge in [0.2, 0.25) is 5.91 Å². The predicted molar refractivity (Wildman–Crippen MR) is 113 cm³/mol. The summed E-state index contributed by atoms with van der Waals surface area (Å²) in [5, 5.41) is 4.89. The van der Waals surface area contributed by atoms with Crippen molar-refractivity contribution in [1.29, 1.82) is 0 Å². The molecule has 0 bridgehead atoms. The molecule has 1 amide bonds. The van der Waals surface area contributed by atoms with Crippen LogP contribution in [-0.4, -0.2) is 65.4 Å². The zero-order valence-corrected chi connectivity index (χ0v) is 16.7. The van der Waals surface area contributed by atoms with Gasteiger partial charge in [-0.25, -0.2) is 4.68 Å². The van der Waals surface area contributed by atoms with E-state index in [1.54, 1.807) is 7.11 Å². The Bertz CT molecular complexity index is 932. The molecule has 1 aromatic heterocycles. The number of piperazine rings is 1. The number of methoxy groups -OCH3 is 1. The van der Waals surface area contributed by atoms with E-state index in [-0.39, 0.29) is 12.5 Å². The van der Waals surface area contributed by atoms with Crippen molar-refractivity contribution in [2.45, 2.75) is 6.54 Å². The van der Waals surface area contributed by atoms with Gasteiger partial charge in [-0.1, -0.05) is 48.5 Å². The molecule has 1 aliphatic rings. The minimum Gasteiger partial charge on any atom is -0.375 e. The third-order valence-corrected chi connectivity index (χ3v) is 5.24. The van der Waals surface area contributed by atoms with Crippen LogP contribution in [0.15, 0.2) is 66.9 Å². The Labute approximate surface area is 171 Å². The Hall–Kier alpha value is -2.96. The van der Waals surface area contributed by atoms with E-state index >= 15 is 0 Å². The number of amides is 1. The summed E-state index contributed by atoms with van der Waals surface area (Å²) in [7, 11) is 1.56. The van der Waals surface area contributed by atoms with Gasteiger partial charge in [0.05, 0.1) is 11.4 Å². The molecule has 1 saturated heterocycles. The zero-order chi connectivity index (χ0) is 20.1. The lowest BCUT2D eigenvalue weighted by Crippen LogP contribution is -2.49. The quantitative estimate of drug-likeness (QED) is 0.650. The van der Waals surface area contributed by atoms with Crippen molar-refractivity contribution in [2.75, 3.05) is 39.9 Å². The lowest BCUT2D eigenvalue weighted by Gasteiger charge is -2.34. The molecule has 1 fully saturated rings. The molecule has 150 valence electrons. The first-order valence-electron chi connectivity index (χ1n) is 9.93. The van der Waals surface area contributed by atoms with Gasteiger partial charge in [0, 0.05) is 57.2 Å². The summed E-state index contributed by atoms with van der Waals surface area (Å²) >= 11 is 0. The molecular formula is C23H26N4O2. The van der Waals surface area contributed by atoms with E-state index in [0.717, 1.165) is 49.7 Å². The fourth-order valence-corrected chi connectivity index (χ4v) is 3.69. The Kier molecular flexibility index (Phi) is 6.03. The van der Waals surface area contributed by atoms with Crippen molar-refractivity contribution >= 4 is 5.91 Å². The van der Waals surface area contributed by atoms with Crippen LogP contribution in [0.1, 0.15) is 5.56 Å². The number of aromatic nitrogens is 2. The average Bonchev–Trinajstić information content (AvgIpc) is 3.19. The molecule has 0 spiro atoms. The second-order valence-electron chi connectivity index (χ2n) is 7.24. The van der Waals surface area contributed by atoms with Crippen LogP contribution in [0, 0.1) is 0 Å². The normalized spacial score (nSPS) is 14.9. The van der Waals surface area contributed by atoms with Crippen molar-refractivity contribution in [3.8, 4) is 16.9 Å². The summed E-state index contributed by atoms with van der Waals surface area (Å²) in [6, 6.07) is 20.5. The van der Waals surface area contributed by atoms with Crippen molar-refractivity contribution in [3.05, 3.63) is 72.4 Å².